The monoisotopic (exact) mass is 310 g/mol. The van der Waals surface area contributed by atoms with E-state index < -0.39 is 0 Å². The lowest BCUT2D eigenvalue weighted by Gasteiger charge is -2.26. The van der Waals surface area contributed by atoms with E-state index in [4.69, 9.17) is 0 Å². The minimum atomic E-state index is 0.462. The van der Waals surface area contributed by atoms with Crippen LogP contribution >= 0.6 is 0 Å². The standard InChI is InChI=1S/C18H38N4/c1-6-22(7-2)14-10-11-16(3)21-17(19-5)20-15-18(4)12-8-9-13-18/h16H,6-15H2,1-5H3,(H2,19,20,21). The van der Waals surface area contributed by atoms with Crippen LogP contribution in [0.15, 0.2) is 4.99 Å². The molecule has 0 aromatic carbocycles. The zero-order valence-electron chi connectivity index (χ0n) is 15.5. The molecular formula is C18H38N4. The van der Waals surface area contributed by atoms with Crippen LogP contribution in [0.2, 0.25) is 0 Å². The number of nitrogens with zero attached hydrogens (tertiary/aromatic N) is 2. The fourth-order valence-corrected chi connectivity index (χ4v) is 3.36. The van der Waals surface area contributed by atoms with Crippen molar-refractivity contribution in [2.75, 3.05) is 33.2 Å². The van der Waals surface area contributed by atoms with Crippen LogP contribution in [0, 0.1) is 5.41 Å². The van der Waals surface area contributed by atoms with Crippen LogP contribution in [0.3, 0.4) is 0 Å². The highest BCUT2D eigenvalue weighted by Gasteiger charge is 2.28. The zero-order valence-corrected chi connectivity index (χ0v) is 15.5. The van der Waals surface area contributed by atoms with Crippen molar-refractivity contribution in [2.45, 2.75) is 72.3 Å². The molecule has 130 valence electrons. The van der Waals surface area contributed by atoms with Crippen molar-refractivity contribution in [1.29, 1.82) is 0 Å². The Hall–Kier alpha value is -0.770. The van der Waals surface area contributed by atoms with E-state index >= 15 is 0 Å². The molecule has 1 aliphatic rings. The normalized spacial score (nSPS) is 19.5. The van der Waals surface area contributed by atoms with E-state index in [0.717, 1.165) is 25.6 Å². The summed E-state index contributed by atoms with van der Waals surface area (Å²) in [4.78, 5) is 6.87. The van der Waals surface area contributed by atoms with Gasteiger partial charge in [0.05, 0.1) is 0 Å². The van der Waals surface area contributed by atoms with Crippen LogP contribution in [-0.2, 0) is 0 Å². The molecule has 22 heavy (non-hydrogen) atoms. The number of guanidine groups is 1. The SMILES string of the molecule is CCN(CC)CCCC(C)NC(=NC)NCC1(C)CCCC1. The van der Waals surface area contributed by atoms with Crippen molar-refractivity contribution in [1.82, 2.24) is 15.5 Å². The van der Waals surface area contributed by atoms with Gasteiger partial charge in [0.15, 0.2) is 5.96 Å². The molecule has 1 unspecified atom stereocenters. The maximum absolute atomic E-state index is 4.38. The highest BCUT2D eigenvalue weighted by molar-refractivity contribution is 5.79. The average Bonchev–Trinajstić information content (AvgIpc) is 2.95. The van der Waals surface area contributed by atoms with Crippen molar-refractivity contribution in [3.05, 3.63) is 0 Å². The Morgan fingerprint density at radius 1 is 1.23 bits per heavy atom. The van der Waals surface area contributed by atoms with Gasteiger partial charge in [-0.25, -0.2) is 0 Å². The van der Waals surface area contributed by atoms with Gasteiger partial charge >= 0.3 is 0 Å². The van der Waals surface area contributed by atoms with Gasteiger partial charge in [-0.2, -0.15) is 0 Å². The molecule has 0 aromatic rings. The van der Waals surface area contributed by atoms with Gasteiger partial charge in [-0.1, -0.05) is 33.6 Å². The van der Waals surface area contributed by atoms with Crippen LogP contribution in [0.5, 0.6) is 0 Å². The van der Waals surface area contributed by atoms with Gasteiger partial charge < -0.3 is 15.5 Å². The summed E-state index contributed by atoms with van der Waals surface area (Å²) in [5, 5.41) is 7.07. The van der Waals surface area contributed by atoms with E-state index in [-0.39, 0.29) is 0 Å². The minimum absolute atomic E-state index is 0.462. The van der Waals surface area contributed by atoms with Crippen LogP contribution < -0.4 is 10.6 Å². The Kier molecular flexibility index (Phi) is 8.84. The first-order chi connectivity index (χ1) is 10.5. The fourth-order valence-electron chi connectivity index (χ4n) is 3.36. The first-order valence-corrected chi connectivity index (χ1v) is 9.22. The molecule has 4 heteroatoms. The molecule has 0 heterocycles. The molecule has 1 aliphatic carbocycles. The predicted molar refractivity (Wildman–Crippen MR) is 97.6 cm³/mol. The van der Waals surface area contributed by atoms with E-state index in [0.29, 0.717) is 11.5 Å². The smallest absolute Gasteiger partial charge is 0.191 e. The number of hydrogen-bond acceptors (Lipinski definition) is 2. The summed E-state index contributed by atoms with van der Waals surface area (Å²) < 4.78 is 0. The van der Waals surface area contributed by atoms with Crippen LogP contribution in [-0.4, -0.2) is 50.1 Å². The van der Waals surface area contributed by atoms with Crippen LogP contribution in [0.4, 0.5) is 0 Å². The van der Waals surface area contributed by atoms with Crippen molar-refractivity contribution in [3.63, 3.8) is 0 Å². The Morgan fingerprint density at radius 2 is 1.86 bits per heavy atom. The largest absolute Gasteiger partial charge is 0.356 e. The number of nitrogens with one attached hydrogen (secondary N) is 2. The molecule has 0 saturated heterocycles. The Morgan fingerprint density at radius 3 is 2.41 bits per heavy atom. The molecule has 4 nitrogen and oxygen atoms in total. The second-order valence-corrected chi connectivity index (χ2v) is 7.16. The van der Waals surface area contributed by atoms with Gasteiger partial charge in [-0.05, 0) is 57.7 Å². The van der Waals surface area contributed by atoms with Gasteiger partial charge in [-0.3, -0.25) is 4.99 Å². The quantitative estimate of drug-likeness (QED) is 0.507. The fraction of sp³-hybridized carbons (Fsp3) is 0.944. The van der Waals surface area contributed by atoms with E-state index in [9.17, 15) is 0 Å². The van der Waals surface area contributed by atoms with Crippen molar-refractivity contribution in [3.8, 4) is 0 Å². The number of aliphatic imine (C=N–C) groups is 1. The molecule has 1 saturated carbocycles. The summed E-state index contributed by atoms with van der Waals surface area (Å²) in [6, 6.07) is 0.471. The first-order valence-electron chi connectivity index (χ1n) is 9.22. The van der Waals surface area contributed by atoms with Gasteiger partial charge in [0.1, 0.15) is 0 Å². The van der Waals surface area contributed by atoms with E-state index in [1.807, 2.05) is 7.05 Å². The zero-order chi connectivity index (χ0) is 16.4. The molecule has 0 bridgehead atoms. The van der Waals surface area contributed by atoms with Gasteiger partial charge in [-0.15, -0.1) is 0 Å². The lowest BCUT2D eigenvalue weighted by atomic mass is 9.89. The lowest BCUT2D eigenvalue weighted by Crippen LogP contribution is -2.45. The van der Waals surface area contributed by atoms with Gasteiger partial charge in [0.2, 0.25) is 0 Å². The summed E-state index contributed by atoms with van der Waals surface area (Å²) in [5.41, 5.74) is 0.462. The minimum Gasteiger partial charge on any atom is -0.356 e. The molecule has 1 rings (SSSR count). The summed E-state index contributed by atoms with van der Waals surface area (Å²) in [5.74, 6) is 0.962. The van der Waals surface area contributed by atoms with E-state index in [1.165, 1.54) is 45.1 Å². The van der Waals surface area contributed by atoms with E-state index in [1.54, 1.807) is 0 Å². The van der Waals surface area contributed by atoms with Crippen molar-refractivity contribution >= 4 is 5.96 Å². The molecule has 1 fully saturated rings. The molecule has 0 aromatic heterocycles. The van der Waals surface area contributed by atoms with Crippen LogP contribution in [0.1, 0.15) is 66.2 Å². The Bertz CT molecular complexity index is 317. The van der Waals surface area contributed by atoms with Crippen LogP contribution in [0.25, 0.3) is 0 Å². The topological polar surface area (TPSA) is 39.7 Å². The predicted octanol–water partition coefficient (Wildman–Crippen LogP) is 3.24. The molecular weight excluding hydrogens is 272 g/mol. The molecule has 0 radical (unpaired) electrons. The molecule has 0 spiro atoms. The molecule has 2 N–H and O–H groups in total. The third kappa shape index (κ3) is 6.99. The lowest BCUT2D eigenvalue weighted by molar-refractivity contribution is 0.292. The maximum atomic E-state index is 4.38. The van der Waals surface area contributed by atoms with Gasteiger partial charge in [0, 0.05) is 19.6 Å². The highest BCUT2D eigenvalue weighted by atomic mass is 15.2. The Labute approximate surface area is 138 Å². The average molecular weight is 311 g/mol. The van der Waals surface area contributed by atoms with Gasteiger partial charge in [0.25, 0.3) is 0 Å². The third-order valence-corrected chi connectivity index (χ3v) is 5.11. The summed E-state index contributed by atoms with van der Waals surface area (Å²) in [6.45, 7) is 13.7. The second-order valence-electron chi connectivity index (χ2n) is 7.16. The Balaban J connectivity index is 2.24. The van der Waals surface area contributed by atoms with Crippen molar-refractivity contribution in [2.24, 2.45) is 10.4 Å². The van der Waals surface area contributed by atoms with Crippen molar-refractivity contribution < 1.29 is 0 Å². The summed E-state index contributed by atoms with van der Waals surface area (Å²) >= 11 is 0. The first kappa shape index (κ1) is 19.3. The third-order valence-electron chi connectivity index (χ3n) is 5.11. The second kappa shape index (κ2) is 10.1. The van der Waals surface area contributed by atoms with E-state index in [2.05, 4.69) is 48.2 Å². The molecule has 0 amide bonds. The molecule has 0 aliphatic heterocycles. The number of rotatable bonds is 9. The molecule has 1 atom stereocenters. The summed E-state index contributed by atoms with van der Waals surface area (Å²) in [6.07, 6.45) is 7.88. The number of hydrogen-bond donors (Lipinski definition) is 2. The summed E-state index contributed by atoms with van der Waals surface area (Å²) in [7, 11) is 1.87. The maximum Gasteiger partial charge on any atom is 0.191 e. The highest BCUT2D eigenvalue weighted by Crippen LogP contribution is 2.36.